The number of carbonyl (C=O) groups excluding carboxylic acids is 1. The molecule has 0 aromatic rings. The Hall–Kier alpha value is -0.910. The molecule has 5 nitrogen and oxygen atoms in total. The standard InChI is InChI=1S/C12H24N2O3S/c1-12(2,10(15)16)9-14-11(17)13-7-5-4-6-8-18-3/h4-9H2,1-3H3,(H,15,16)(H2,13,14,17). The fourth-order valence-corrected chi connectivity index (χ4v) is 1.68. The highest BCUT2D eigenvalue weighted by Gasteiger charge is 2.27. The number of carboxylic acids is 1. The molecule has 0 saturated heterocycles. The van der Waals surface area contributed by atoms with Crippen molar-refractivity contribution in [2.75, 3.05) is 25.1 Å². The molecule has 0 bridgehead atoms. The van der Waals surface area contributed by atoms with Gasteiger partial charge in [-0.2, -0.15) is 11.8 Å². The lowest BCUT2D eigenvalue weighted by molar-refractivity contribution is -0.146. The Morgan fingerprint density at radius 3 is 2.39 bits per heavy atom. The van der Waals surface area contributed by atoms with Crippen LogP contribution in [0.5, 0.6) is 0 Å². The third-order valence-corrected chi connectivity index (χ3v) is 3.28. The van der Waals surface area contributed by atoms with Crippen molar-refractivity contribution in [3.63, 3.8) is 0 Å². The Balaban J connectivity index is 3.58. The number of hydrogen-bond acceptors (Lipinski definition) is 3. The van der Waals surface area contributed by atoms with Gasteiger partial charge in [0.25, 0.3) is 0 Å². The number of aliphatic carboxylic acids is 1. The van der Waals surface area contributed by atoms with Crippen LogP contribution in [0.1, 0.15) is 33.1 Å². The fraction of sp³-hybridized carbons (Fsp3) is 0.833. The zero-order valence-electron chi connectivity index (χ0n) is 11.4. The summed E-state index contributed by atoms with van der Waals surface area (Å²) in [6, 6.07) is -0.297. The van der Waals surface area contributed by atoms with E-state index in [1.807, 2.05) is 11.8 Å². The van der Waals surface area contributed by atoms with E-state index < -0.39 is 11.4 Å². The second-order valence-electron chi connectivity index (χ2n) is 4.85. The van der Waals surface area contributed by atoms with E-state index in [9.17, 15) is 9.59 Å². The van der Waals surface area contributed by atoms with E-state index in [1.54, 1.807) is 13.8 Å². The van der Waals surface area contributed by atoms with Crippen LogP contribution in [-0.4, -0.2) is 42.2 Å². The van der Waals surface area contributed by atoms with E-state index in [2.05, 4.69) is 16.9 Å². The molecule has 0 aliphatic heterocycles. The molecule has 0 unspecified atom stereocenters. The van der Waals surface area contributed by atoms with Crippen LogP contribution in [-0.2, 0) is 4.79 Å². The van der Waals surface area contributed by atoms with Gasteiger partial charge in [-0.1, -0.05) is 6.42 Å². The van der Waals surface area contributed by atoms with Crippen LogP contribution in [0.3, 0.4) is 0 Å². The maximum Gasteiger partial charge on any atom is 0.314 e. The Bertz CT molecular complexity index is 270. The molecule has 0 atom stereocenters. The zero-order chi connectivity index (χ0) is 14.0. The van der Waals surface area contributed by atoms with Gasteiger partial charge in [0.05, 0.1) is 5.41 Å². The predicted octanol–water partition coefficient (Wildman–Crippen LogP) is 1.93. The topological polar surface area (TPSA) is 78.4 Å². The molecular formula is C12H24N2O3S. The average molecular weight is 276 g/mol. The van der Waals surface area contributed by atoms with Crippen LogP contribution >= 0.6 is 11.8 Å². The second-order valence-corrected chi connectivity index (χ2v) is 5.84. The molecule has 0 spiro atoms. The van der Waals surface area contributed by atoms with Crippen molar-refractivity contribution in [1.29, 1.82) is 0 Å². The number of nitrogens with one attached hydrogen (secondary N) is 2. The smallest absolute Gasteiger partial charge is 0.314 e. The van der Waals surface area contributed by atoms with Crippen LogP contribution in [0, 0.1) is 5.41 Å². The van der Waals surface area contributed by atoms with Crippen molar-refractivity contribution in [3.05, 3.63) is 0 Å². The van der Waals surface area contributed by atoms with Crippen LogP contribution < -0.4 is 10.6 Å². The molecule has 0 aliphatic carbocycles. The maximum absolute atomic E-state index is 11.4. The van der Waals surface area contributed by atoms with Gasteiger partial charge < -0.3 is 15.7 Å². The van der Waals surface area contributed by atoms with E-state index in [1.165, 1.54) is 0 Å². The second kappa shape index (κ2) is 9.08. The summed E-state index contributed by atoms with van der Waals surface area (Å²) in [7, 11) is 0. The highest BCUT2D eigenvalue weighted by molar-refractivity contribution is 7.98. The van der Waals surface area contributed by atoms with E-state index in [4.69, 9.17) is 5.11 Å². The number of thioether (sulfide) groups is 1. The van der Waals surface area contributed by atoms with Crippen LogP contribution in [0.15, 0.2) is 0 Å². The minimum Gasteiger partial charge on any atom is -0.481 e. The molecule has 18 heavy (non-hydrogen) atoms. The molecule has 0 aliphatic rings. The molecule has 0 saturated carbocycles. The number of rotatable bonds is 9. The van der Waals surface area contributed by atoms with Gasteiger partial charge in [0, 0.05) is 13.1 Å². The summed E-state index contributed by atoms with van der Waals surface area (Å²) in [5.74, 6) is 0.235. The quantitative estimate of drug-likeness (QED) is 0.562. The van der Waals surface area contributed by atoms with Crippen LogP contribution in [0.2, 0.25) is 0 Å². The first-order valence-electron chi connectivity index (χ1n) is 6.14. The largest absolute Gasteiger partial charge is 0.481 e. The highest BCUT2D eigenvalue weighted by Crippen LogP contribution is 2.12. The van der Waals surface area contributed by atoms with E-state index >= 15 is 0 Å². The Morgan fingerprint density at radius 1 is 1.17 bits per heavy atom. The summed E-state index contributed by atoms with van der Waals surface area (Å²) in [6.45, 7) is 3.92. The summed E-state index contributed by atoms with van der Waals surface area (Å²) in [6.07, 6.45) is 5.30. The molecule has 106 valence electrons. The third kappa shape index (κ3) is 8.22. The third-order valence-electron chi connectivity index (χ3n) is 2.58. The number of urea groups is 1. The lowest BCUT2D eigenvalue weighted by atomic mass is 9.94. The van der Waals surface area contributed by atoms with Gasteiger partial charge in [-0.25, -0.2) is 4.79 Å². The summed E-state index contributed by atoms with van der Waals surface area (Å²) >= 11 is 1.82. The van der Waals surface area contributed by atoms with Crippen molar-refractivity contribution in [1.82, 2.24) is 10.6 Å². The first-order valence-corrected chi connectivity index (χ1v) is 7.53. The normalized spacial score (nSPS) is 11.1. The van der Waals surface area contributed by atoms with E-state index in [0.717, 1.165) is 25.0 Å². The lowest BCUT2D eigenvalue weighted by Gasteiger charge is -2.19. The Labute approximate surface area is 113 Å². The highest BCUT2D eigenvalue weighted by atomic mass is 32.2. The molecule has 6 heteroatoms. The molecule has 3 N–H and O–H groups in total. The van der Waals surface area contributed by atoms with Gasteiger partial charge in [0.15, 0.2) is 0 Å². The van der Waals surface area contributed by atoms with Crippen molar-refractivity contribution in [2.45, 2.75) is 33.1 Å². The van der Waals surface area contributed by atoms with Gasteiger partial charge in [0.2, 0.25) is 0 Å². The summed E-state index contributed by atoms with van der Waals surface area (Å²) in [5.41, 5.74) is -0.935. The number of carboxylic acid groups (broad SMARTS) is 1. The Kier molecular flexibility index (Phi) is 8.62. The summed E-state index contributed by atoms with van der Waals surface area (Å²) < 4.78 is 0. The summed E-state index contributed by atoms with van der Waals surface area (Å²) in [5, 5.41) is 14.2. The molecule has 0 heterocycles. The lowest BCUT2D eigenvalue weighted by Crippen LogP contribution is -2.43. The average Bonchev–Trinajstić information content (AvgIpc) is 2.31. The first kappa shape index (κ1) is 17.1. The number of amides is 2. The van der Waals surface area contributed by atoms with Crippen LogP contribution in [0.25, 0.3) is 0 Å². The number of hydrogen-bond donors (Lipinski definition) is 3. The number of carbonyl (C=O) groups is 2. The summed E-state index contributed by atoms with van der Waals surface area (Å²) in [4.78, 5) is 22.2. The minimum absolute atomic E-state index is 0.126. The SMILES string of the molecule is CSCCCCCNC(=O)NCC(C)(C)C(=O)O. The monoisotopic (exact) mass is 276 g/mol. The molecule has 0 aromatic heterocycles. The first-order chi connectivity index (χ1) is 8.40. The minimum atomic E-state index is -0.935. The molecule has 0 rings (SSSR count). The number of unbranched alkanes of at least 4 members (excludes halogenated alkanes) is 2. The van der Waals surface area contributed by atoms with Gasteiger partial charge in [0.1, 0.15) is 0 Å². The van der Waals surface area contributed by atoms with Crippen molar-refractivity contribution in [2.24, 2.45) is 5.41 Å². The Morgan fingerprint density at radius 2 is 1.83 bits per heavy atom. The van der Waals surface area contributed by atoms with Crippen LogP contribution in [0.4, 0.5) is 4.79 Å². The molecule has 0 radical (unpaired) electrons. The van der Waals surface area contributed by atoms with Gasteiger partial charge in [-0.3, -0.25) is 4.79 Å². The van der Waals surface area contributed by atoms with Crippen molar-refractivity contribution < 1.29 is 14.7 Å². The van der Waals surface area contributed by atoms with Gasteiger partial charge >= 0.3 is 12.0 Å². The molecule has 0 aromatic carbocycles. The van der Waals surface area contributed by atoms with Crippen molar-refractivity contribution >= 4 is 23.8 Å². The zero-order valence-corrected chi connectivity index (χ0v) is 12.2. The predicted molar refractivity (Wildman–Crippen MR) is 75.1 cm³/mol. The van der Waals surface area contributed by atoms with Gasteiger partial charge in [-0.15, -0.1) is 0 Å². The van der Waals surface area contributed by atoms with Gasteiger partial charge in [-0.05, 0) is 38.7 Å². The molecule has 0 fully saturated rings. The fourth-order valence-electron chi connectivity index (χ4n) is 1.19. The van der Waals surface area contributed by atoms with Crippen molar-refractivity contribution in [3.8, 4) is 0 Å². The van der Waals surface area contributed by atoms with E-state index in [0.29, 0.717) is 6.54 Å². The molecule has 2 amide bonds. The maximum atomic E-state index is 11.4. The van der Waals surface area contributed by atoms with E-state index in [-0.39, 0.29) is 12.6 Å². The molecular weight excluding hydrogens is 252 g/mol.